The summed E-state index contributed by atoms with van der Waals surface area (Å²) in [6.45, 7) is 4.94. The lowest BCUT2D eigenvalue weighted by molar-refractivity contribution is -0.249. The van der Waals surface area contributed by atoms with Crippen molar-refractivity contribution in [3.8, 4) is 0 Å². The van der Waals surface area contributed by atoms with Crippen LogP contribution in [0.1, 0.15) is 59.3 Å². The Hall–Kier alpha value is -0.820. The molecule has 0 bridgehead atoms. The number of carbonyl (C=O) groups excluding carboxylic acids is 1. The van der Waals surface area contributed by atoms with Gasteiger partial charge in [0.1, 0.15) is 17.4 Å². The molecule has 0 radical (unpaired) electrons. The van der Waals surface area contributed by atoms with Crippen LogP contribution in [0.2, 0.25) is 0 Å². The van der Waals surface area contributed by atoms with Crippen LogP contribution in [0.3, 0.4) is 0 Å². The normalized spacial score (nSPS) is 54.4. The average Bonchev–Trinajstić information content (AvgIpc) is 2.84. The van der Waals surface area contributed by atoms with E-state index < -0.39 is 46.8 Å². The van der Waals surface area contributed by atoms with Gasteiger partial charge in [0.05, 0.1) is 12.7 Å². The van der Waals surface area contributed by atoms with Crippen molar-refractivity contribution in [2.24, 2.45) is 28.6 Å². The van der Waals surface area contributed by atoms with E-state index in [-0.39, 0.29) is 30.5 Å². The highest BCUT2D eigenvalue weighted by atomic mass is 19.1. The monoisotopic (exact) mass is 396 g/mol. The Morgan fingerprint density at radius 3 is 2.61 bits per heavy atom. The molecule has 0 aromatic carbocycles. The van der Waals surface area contributed by atoms with Crippen LogP contribution in [0, 0.1) is 28.6 Å². The molecule has 0 aliphatic heterocycles. The van der Waals surface area contributed by atoms with Crippen molar-refractivity contribution in [1.82, 2.24) is 0 Å². The zero-order valence-electron chi connectivity index (χ0n) is 17.0. The summed E-state index contributed by atoms with van der Waals surface area (Å²) in [6, 6.07) is 0. The number of aliphatic hydroxyl groups excluding tert-OH is 3. The summed E-state index contributed by atoms with van der Waals surface area (Å²) in [5.41, 5.74) is -4.41. The first-order valence-corrected chi connectivity index (χ1v) is 10.6. The number of ketones is 1. The molecular formula is C22H33FO5. The molecule has 4 N–H and O–H groups in total. The second kappa shape index (κ2) is 6.10. The number of allylic oxidation sites excluding steroid dienone is 1. The summed E-state index contributed by atoms with van der Waals surface area (Å²) in [5.74, 6) is -0.964. The predicted octanol–water partition coefficient (Wildman–Crippen LogP) is 1.91. The minimum absolute atomic E-state index is 0.0272. The molecule has 4 rings (SSSR count). The molecule has 4 aliphatic carbocycles. The maximum Gasteiger partial charge on any atom is 0.155 e. The van der Waals surface area contributed by atoms with Crippen molar-refractivity contribution in [2.75, 3.05) is 6.61 Å². The molecule has 0 aromatic rings. The van der Waals surface area contributed by atoms with Gasteiger partial charge in [-0.1, -0.05) is 26.3 Å². The fraction of sp³-hybridized carbons (Fsp3) is 0.864. The smallest absolute Gasteiger partial charge is 0.155 e. The van der Waals surface area contributed by atoms with E-state index >= 15 is 4.39 Å². The third-order valence-electron chi connectivity index (χ3n) is 9.39. The second-order valence-electron chi connectivity index (χ2n) is 10.3. The SMILES string of the molecule is C[C@@H]1C[C@H]2[C@@H]3CCC4=CC(=O)CC[C@]4(C)[C@@]3(F)[C@@H](O)C[C@]2(C)[C@@]1(O)C(O)CO. The Bertz CT molecular complexity index is 724. The van der Waals surface area contributed by atoms with Gasteiger partial charge >= 0.3 is 0 Å². The molecular weight excluding hydrogens is 363 g/mol. The first kappa shape index (κ1) is 20.5. The average molecular weight is 396 g/mol. The molecule has 158 valence electrons. The van der Waals surface area contributed by atoms with Gasteiger partial charge in [-0.25, -0.2) is 4.39 Å². The molecule has 6 heteroatoms. The molecule has 0 saturated heterocycles. The lowest BCUT2D eigenvalue weighted by Crippen LogP contribution is -2.70. The quantitative estimate of drug-likeness (QED) is 0.572. The third kappa shape index (κ3) is 2.13. The molecule has 0 heterocycles. The number of hydrogen-bond acceptors (Lipinski definition) is 5. The molecule has 5 nitrogen and oxygen atoms in total. The van der Waals surface area contributed by atoms with E-state index in [0.717, 1.165) is 5.57 Å². The van der Waals surface area contributed by atoms with Gasteiger partial charge in [0, 0.05) is 23.2 Å². The number of halogens is 1. The van der Waals surface area contributed by atoms with Crippen LogP contribution in [0.5, 0.6) is 0 Å². The van der Waals surface area contributed by atoms with Gasteiger partial charge in [-0.2, -0.15) is 0 Å². The second-order valence-corrected chi connectivity index (χ2v) is 10.3. The maximum atomic E-state index is 16.9. The van der Waals surface area contributed by atoms with Crippen LogP contribution in [0.4, 0.5) is 4.39 Å². The Morgan fingerprint density at radius 1 is 1.29 bits per heavy atom. The first-order chi connectivity index (χ1) is 13.0. The largest absolute Gasteiger partial charge is 0.394 e. The van der Waals surface area contributed by atoms with Crippen LogP contribution in [0.15, 0.2) is 11.6 Å². The molecule has 9 atom stereocenters. The maximum absolute atomic E-state index is 16.9. The van der Waals surface area contributed by atoms with Crippen molar-refractivity contribution in [2.45, 2.75) is 82.8 Å². The third-order valence-corrected chi connectivity index (χ3v) is 9.39. The predicted molar refractivity (Wildman–Crippen MR) is 101 cm³/mol. The lowest BCUT2D eigenvalue weighted by atomic mass is 9.43. The van der Waals surface area contributed by atoms with Crippen LogP contribution in [0.25, 0.3) is 0 Å². The number of carbonyl (C=O) groups is 1. The molecule has 28 heavy (non-hydrogen) atoms. The van der Waals surface area contributed by atoms with E-state index in [4.69, 9.17) is 0 Å². The van der Waals surface area contributed by atoms with Crippen molar-refractivity contribution >= 4 is 5.78 Å². The Labute approximate surface area is 165 Å². The van der Waals surface area contributed by atoms with E-state index in [9.17, 15) is 25.2 Å². The van der Waals surface area contributed by atoms with Gasteiger partial charge in [0.15, 0.2) is 5.78 Å². The van der Waals surface area contributed by atoms with Gasteiger partial charge in [-0.05, 0) is 50.0 Å². The molecule has 0 amide bonds. The topological polar surface area (TPSA) is 98.0 Å². The van der Waals surface area contributed by atoms with Crippen molar-refractivity contribution in [3.63, 3.8) is 0 Å². The van der Waals surface area contributed by atoms with Gasteiger partial charge in [-0.3, -0.25) is 4.79 Å². The summed E-state index contributed by atoms with van der Waals surface area (Å²) >= 11 is 0. The Balaban J connectivity index is 1.81. The van der Waals surface area contributed by atoms with Crippen LogP contribution < -0.4 is 0 Å². The molecule has 0 aromatic heterocycles. The van der Waals surface area contributed by atoms with Gasteiger partial charge < -0.3 is 20.4 Å². The highest BCUT2D eigenvalue weighted by Gasteiger charge is 2.75. The summed E-state index contributed by atoms with van der Waals surface area (Å²) in [4.78, 5) is 11.9. The first-order valence-electron chi connectivity index (χ1n) is 10.6. The zero-order chi connectivity index (χ0) is 20.7. The Kier molecular flexibility index (Phi) is 4.45. The van der Waals surface area contributed by atoms with Crippen molar-refractivity contribution in [1.29, 1.82) is 0 Å². The fourth-order valence-corrected chi connectivity index (χ4v) is 7.79. The number of rotatable bonds is 2. The number of aliphatic hydroxyl groups is 4. The van der Waals surface area contributed by atoms with E-state index in [1.54, 1.807) is 6.08 Å². The summed E-state index contributed by atoms with van der Waals surface area (Å²) in [5, 5.41) is 42.7. The summed E-state index contributed by atoms with van der Waals surface area (Å²) in [6.07, 6.45) is 1.34. The van der Waals surface area contributed by atoms with E-state index in [1.807, 2.05) is 20.8 Å². The number of fused-ring (bicyclic) bond motifs is 5. The minimum atomic E-state index is -1.86. The van der Waals surface area contributed by atoms with Gasteiger partial charge in [0.25, 0.3) is 0 Å². The molecule has 4 aliphatic rings. The van der Waals surface area contributed by atoms with Gasteiger partial charge in [0.2, 0.25) is 0 Å². The Morgan fingerprint density at radius 2 is 1.96 bits per heavy atom. The number of alkyl halides is 1. The fourth-order valence-electron chi connectivity index (χ4n) is 7.79. The lowest BCUT2D eigenvalue weighted by Gasteiger charge is -2.64. The van der Waals surface area contributed by atoms with Crippen molar-refractivity contribution in [3.05, 3.63) is 11.6 Å². The molecule has 3 saturated carbocycles. The van der Waals surface area contributed by atoms with Crippen LogP contribution in [-0.2, 0) is 4.79 Å². The van der Waals surface area contributed by atoms with Crippen LogP contribution >= 0.6 is 0 Å². The summed E-state index contributed by atoms with van der Waals surface area (Å²) < 4.78 is 16.9. The van der Waals surface area contributed by atoms with Crippen LogP contribution in [-0.4, -0.2) is 56.3 Å². The van der Waals surface area contributed by atoms with E-state index in [0.29, 0.717) is 25.7 Å². The molecule has 1 unspecified atom stereocenters. The summed E-state index contributed by atoms with van der Waals surface area (Å²) in [7, 11) is 0. The standard InChI is InChI=1S/C22H33FO5/c1-12-8-16-15-5-4-13-9-14(25)6-7-19(13,2)21(15,23)17(26)10-20(16,3)22(12,28)18(27)11-24/h9,12,15-18,24,26-28H,4-8,10-11H2,1-3H3/t12-,15+,16+,17+,18?,19+,20+,21+,22+/m1/s1. The zero-order valence-corrected chi connectivity index (χ0v) is 17.0. The minimum Gasteiger partial charge on any atom is -0.394 e. The highest BCUT2D eigenvalue weighted by molar-refractivity contribution is 5.91. The molecule has 0 spiro atoms. The van der Waals surface area contributed by atoms with E-state index in [2.05, 4.69) is 0 Å². The van der Waals surface area contributed by atoms with E-state index in [1.165, 1.54) is 0 Å². The van der Waals surface area contributed by atoms with Gasteiger partial charge in [-0.15, -0.1) is 0 Å². The highest BCUT2D eigenvalue weighted by Crippen LogP contribution is 2.71. The molecule has 3 fully saturated rings. The van der Waals surface area contributed by atoms with Crippen molar-refractivity contribution < 1.29 is 29.6 Å². The number of hydrogen-bond donors (Lipinski definition) is 4.